The Labute approximate surface area is 93.8 Å². The third kappa shape index (κ3) is 3.44. The van der Waals surface area contributed by atoms with Gasteiger partial charge in [-0.25, -0.2) is 0 Å². The van der Waals surface area contributed by atoms with Crippen molar-refractivity contribution >= 4 is 0 Å². The molecule has 2 saturated heterocycles. The fraction of sp³-hybridized carbons (Fsp3) is 1.00. The molecular formula is C12H25N3. The molecule has 0 radical (unpaired) electrons. The van der Waals surface area contributed by atoms with Crippen molar-refractivity contribution in [1.29, 1.82) is 0 Å². The SMILES string of the molecule is CNC1CCCN(CCN2CCCC2)C1. The number of hydrogen-bond acceptors (Lipinski definition) is 3. The molecule has 15 heavy (non-hydrogen) atoms. The van der Waals surface area contributed by atoms with Gasteiger partial charge >= 0.3 is 0 Å². The second-order valence-corrected chi connectivity index (χ2v) is 4.98. The number of nitrogens with zero attached hydrogens (tertiary/aromatic N) is 2. The van der Waals surface area contributed by atoms with Crippen molar-refractivity contribution in [2.45, 2.75) is 31.7 Å². The summed E-state index contributed by atoms with van der Waals surface area (Å²) < 4.78 is 0. The van der Waals surface area contributed by atoms with E-state index in [1.807, 2.05) is 0 Å². The molecular weight excluding hydrogens is 186 g/mol. The third-order valence-electron chi connectivity index (χ3n) is 3.84. The Balaban J connectivity index is 1.65. The van der Waals surface area contributed by atoms with E-state index in [1.54, 1.807) is 0 Å². The number of likely N-dealkylation sites (tertiary alicyclic amines) is 2. The van der Waals surface area contributed by atoms with Crippen LogP contribution >= 0.6 is 0 Å². The molecule has 2 heterocycles. The van der Waals surface area contributed by atoms with Crippen molar-refractivity contribution in [1.82, 2.24) is 15.1 Å². The summed E-state index contributed by atoms with van der Waals surface area (Å²) in [5, 5.41) is 3.41. The summed E-state index contributed by atoms with van der Waals surface area (Å²) in [5.74, 6) is 0. The molecule has 1 atom stereocenters. The molecule has 3 heteroatoms. The van der Waals surface area contributed by atoms with E-state index in [0.29, 0.717) is 0 Å². The van der Waals surface area contributed by atoms with Crippen LogP contribution in [0.5, 0.6) is 0 Å². The van der Waals surface area contributed by atoms with Crippen molar-refractivity contribution in [2.75, 3.05) is 46.3 Å². The Morgan fingerprint density at radius 1 is 1.00 bits per heavy atom. The van der Waals surface area contributed by atoms with Crippen LogP contribution in [0, 0.1) is 0 Å². The highest BCUT2D eigenvalue weighted by Gasteiger charge is 2.19. The molecule has 2 rings (SSSR count). The zero-order valence-corrected chi connectivity index (χ0v) is 10.0. The van der Waals surface area contributed by atoms with Crippen LogP contribution in [0.1, 0.15) is 25.7 Å². The zero-order chi connectivity index (χ0) is 10.5. The van der Waals surface area contributed by atoms with Crippen LogP contribution in [-0.4, -0.2) is 62.2 Å². The highest BCUT2D eigenvalue weighted by Crippen LogP contribution is 2.11. The summed E-state index contributed by atoms with van der Waals surface area (Å²) in [6.45, 7) is 7.80. The number of piperidine rings is 1. The van der Waals surface area contributed by atoms with Gasteiger partial charge in [0, 0.05) is 25.7 Å². The van der Waals surface area contributed by atoms with E-state index in [9.17, 15) is 0 Å². The molecule has 0 aliphatic carbocycles. The van der Waals surface area contributed by atoms with Gasteiger partial charge in [0.25, 0.3) is 0 Å². The van der Waals surface area contributed by atoms with E-state index in [1.165, 1.54) is 65.0 Å². The minimum absolute atomic E-state index is 0.734. The molecule has 1 unspecified atom stereocenters. The van der Waals surface area contributed by atoms with Crippen LogP contribution in [0.25, 0.3) is 0 Å². The van der Waals surface area contributed by atoms with Crippen molar-refractivity contribution < 1.29 is 0 Å². The molecule has 2 aliphatic rings. The van der Waals surface area contributed by atoms with Gasteiger partial charge in [0.2, 0.25) is 0 Å². The van der Waals surface area contributed by atoms with Gasteiger partial charge in [0.05, 0.1) is 0 Å². The average molecular weight is 211 g/mol. The summed E-state index contributed by atoms with van der Waals surface area (Å²) in [4.78, 5) is 5.24. The molecule has 3 nitrogen and oxygen atoms in total. The van der Waals surface area contributed by atoms with Crippen molar-refractivity contribution in [3.63, 3.8) is 0 Å². The quantitative estimate of drug-likeness (QED) is 0.741. The maximum atomic E-state index is 3.41. The van der Waals surface area contributed by atoms with E-state index in [2.05, 4.69) is 22.2 Å². The van der Waals surface area contributed by atoms with E-state index in [0.717, 1.165) is 6.04 Å². The Morgan fingerprint density at radius 2 is 1.67 bits per heavy atom. The molecule has 0 aromatic heterocycles. The van der Waals surface area contributed by atoms with Crippen LogP contribution in [0.2, 0.25) is 0 Å². The monoisotopic (exact) mass is 211 g/mol. The molecule has 2 fully saturated rings. The second kappa shape index (κ2) is 5.83. The van der Waals surface area contributed by atoms with E-state index in [-0.39, 0.29) is 0 Å². The summed E-state index contributed by atoms with van der Waals surface area (Å²) in [6.07, 6.45) is 5.56. The predicted octanol–water partition coefficient (Wildman–Crippen LogP) is 0.766. The fourth-order valence-electron chi connectivity index (χ4n) is 2.78. The molecule has 0 aromatic rings. The topological polar surface area (TPSA) is 18.5 Å². The predicted molar refractivity (Wildman–Crippen MR) is 64.2 cm³/mol. The van der Waals surface area contributed by atoms with E-state index < -0.39 is 0 Å². The Hall–Kier alpha value is -0.120. The minimum Gasteiger partial charge on any atom is -0.316 e. The lowest BCUT2D eigenvalue weighted by Gasteiger charge is -2.33. The van der Waals surface area contributed by atoms with Crippen molar-refractivity contribution in [2.24, 2.45) is 0 Å². The first-order chi connectivity index (χ1) is 7.38. The normalized spacial score (nSPS) is 29.8. The molecule has 2 aliphatic heterocycles. The van der Waals surface area contributed by atoms with Crippen LogP contribution in [0.3, 0.4) is 0 Å². The first kappa shape index (κ1) is 11.4. The van der Waals surface area contributed by atoms with Crippen molar-refractivity contribution in [3.05, 3.63) is 0 Å². The number of hydrogen-bond donors (Lipinski definition) is 1. The molecule has 0 spiro atoms. The van der Waals surface area contributed by atoms with Crippen molar-refractivity contribution in [3.8, 4) is 0 Å². The maximum Gasteiger partial charge on any atom is 0.0192 e. The van der Waals surface area contributed by atoms with Crippen LogP contribution in [-0.2, 0) is 0 Å². The highest BCUT2D eigenvalue weighted by molar-refractivity contribution is 4.78. The lowest BCUT2D eigenvalue weighted by atomic mass is 10.1. The molecule has 0 bridgehead atoms. The second-order valence-electron chi connectivity index (χ2n) is 4.98. The van der Waals surface area contributed by atoms with Gasteiger partial charge in [-0.15, -0.1) is 0 Å². The summed E-state index contributed by atoms with van der Waals surface area (Å²) in [7, 11) is 2.09. The molecule has 1 N–H and O–H groups in total. The lowest BCUT2D eigenvalue weighted by Crippen LogP contribution is -2.46. The number of likely N-dealkylation sites (N-methyl/N-ethyl adjacent to an activating group) is 1. The number of nitrogens with one attached hydrogen (secondary N) is 1. The van der Waals surface area contributed by atoms with Crippen LogP contribution in [0.15, 0.2) is 0 Å². The van der Waals surface area contributed by atoms with Gasteiger partial charge < -0.3 is 15.1 Å². The minimum atomic E-state index is 0.734. The Bertz CT molecular complexity index is 178. The third-order valence-corrected chi connectivity index (χ3v) is 3.84. The average Bonchev–Trinajstić information content (AvgIpc) is 2.79. The van der Waals surface area contributed by atoms with Gasteiger partial charge in [-0.3, -0.25) is 0 Å². The highest BCUT2D eigenvalue weighted by atomic mass is 15.2. The first-order valence-electron chi connectivity index (χ1n) is 6.50. The zero-order valence-electron chi connectivity index (χ0n) is 10.0. The van der Waals surface area contributed by atoms with Crippen LogP contribution < -0.4 is 5.32 Å². The summed E-state index contributed by atoms with van der Waals surface area (Å²) in [5.41, 5.74) is 0. The molecule has 0 amide bonds. The van der Waals surface area contributed by atoms with E-state index >= 15 is 0 Å². The first-order valence-corrected chi connectivity index (χ1v) is 6.50. The van der Waals surface area contributed by atoms with Gasteiger partial charge in [0.1, 0.15) is 0 Å². The van der Waals surface area contributed by atoms with Gasteiger partial charge in [-0.2, -0.15) is 0 Å². The standard InChI is InChI=1S/C12H25N3/c1-13-12-5-4-8-15(11-12)10-9-14-6-2-3-7-14/h12-13H,2-11H2,1H3. The van der Waals surface area contributed by atoms with Gasteiger partial charge in [-0.1, -0.05) is 0 Å². The maximum absolute atomic E-state index is 3.41. The smallest absolute Gasteiger partial charge is 0.0192 e. The Kier molecular flexibility index (Phi) is 4.42. The van der Waals surface area contributed by atoms with Crippen LogP contribution in [0.4, 0.5) is 0 Å². The van der Waals surface area contributed by atoms with E-state index in [4.69, 9.17) is 0 Å². The summed E-state index contributed by atoms with van der Waals surface area (Å²) in [6, 6.07) is 0.734. The largest absolute Gasteiger partial charge is 0.316 e. The lowest BCUT2D eigenvalue weighted by molar-refractivity contribution is 0.172. The number of rotatable bonds is 4. The van der Waals surface area contributed by atoms with Gasteiger partial charge in [0.15, 0.2) is 0 Å². The molecule has 0 aromatic carbocycles. The molecule has 0 saturated carbocycles. The fourth-order valence-corrected chi connectivity index (χ4v) is 2.78. The summed E-state index contributed by atoms with van der Waals surface area (Å²) >= 11 is 0. The van der Waals surface area contributed by atoms with Gasteiger partial charge in [-0.05, 0) is 52.4 Å². The molecule has 88 valence electrons. The Morgan fingerprint density at radius 3 is 2.40 bits per heavy atom.